The number of aromatic nitrogens is 2. The Bertz CT molecular complexity index is 842. The van der Waals surface area contributed by atoms with Crippen molar-refractivity contribution in [3.8, 4) is 0 Å². The van der Waals surface area contributed by atoms with Crippen LogP contribution < -0.4 is 0 Å². The SMILES string of the molecule is CC(=O)N1CCCCC[C@@H]2[C@@H]1C[C@@H](Cc1ccccc1)N2C(=O)c1cnccn1. The first-order valence-electron chi connectivity index (χ1n) is 10.5. The molecule has 4 rings (SSSR count). The molecular weight excluding hydrogens is 364 g/mol. The van der Waals surface area contributed by atoms with E-state index in [1.807, 2.05) is 28.0 Å². The predicted octanol–water partition coefficient (Wildman–Crippen LogP) is 3.09. The van der Waals surface area contributed by atoms with Gasteiger partial charge >= 0.3 is 0 Å². The van der Waals surface area contributed by atoms with E-state index in [0.29, 0.717) is 5.69 Å². The molecule has 2 fully saturated rings. The zero-order valence-electron chi connectivity index (χ0n) is 16.9. The Morgan fingerprint density at radius 3 is 2.62 bits per heavy atom. The number of carbonyl (C=O) groups is 2. The molecule has 2 saturated heterocycles. The maximum absolute atomic E-state index is 13.5. The summed E-state index contributed by atoms with van der Waals surface area (Å²) in [4.78, 5) is 38.3. The van der Waals surface area contributed by atoms with Crippen molar-refractivity contribution >= 4 is 11.8 Å². The molecule has 3 atom stereocenters. The molecule has 1 aromatic carbocycles. The largest absolute Gasteiger partial charge is 0.338 e. The van der Waals surface area contributed by atoms with Crippen molar-refractivity contribution in [2.75, 3.05) is 6.54 Å². The van der Waals surface area contributed by atoms with Gasteiger partial charge in [-0.25, -0.2) is 4.98 Å². The van der Waals surface area contributed by atoms with Crippen LogP contribution in [0.15, 0.2) is 48.9 Å². The molecule has 3 heterocycles. The number of carbonyl (C=O) groups excluding carboxylic acids is 2. The molecule has 2 amide bonds. The van der Waals surface area contributed by atoms with Gasteiger partial charge < -0.3 is 9.80 Å². The molecule has 152 valence electrons. The van der Waals surface area contributed by atoms with E-state index in [9.17, 15) is 9.59 Å². The first-order chi connectivity index (χ1) is 14.1. The van der Waals surface area contributed by atoms with Crippen LogP contribution in [0, 0.1) is 0 Å². The smallest absolute Gasteiger partial charge is 0.274 e. The number of likely N-dealkylation sites (tertiary alicyclic amines) is 2. The van der Waals surface area contributed by atoms with E-state index in [0.717, 1.165) is 45.1 Å². The summed E-state index contributed by atoms with van der Waals surface area (Å²) in [6.45, 7) is 2.43. The van der Waals surface area contributed by atoms with Crippen LogP contribution >= 0.6 is 0 Å². The fraction of sp³-hybridized carbons (Fsp3) is 0.478. The maximum atomic E-state index is 13.5. The zero-order valence-corrected chi connectivity index (χ0v) is 16.9. The molecule has 2 aliphatic rings. The Morgan fingerprint density at radius 1 is 1.07 bits per heavy atom. The van der Waals surface area contributed by atoms with Crippen LogP contribution in [0.4, 0.5) is 0 Å². The van der Waals surface area contributed by atoms with Crippen LogP contribution in [-0.2, 0) is 11.2 Å². The minimum absolute atomic E-state index is 0.0300. The van der Waals surface area contributed by atoms with Crippen LogP contribution in [0.25, 0.3) is 0 Å². The van der Waals surface area contributed by atoms with Gasteiger partial charge in [-0.2, -0.15) is 0 Å². The fourth-order valence-electron chi connectivity index (χ4n) is 4.97. The molecule has 0 radical (unpaired) electrons. The molecule has 0 aliphatic carbocycles. The van der Waals surface area contributed by atoms with Gasteiger partial charge in [0.2, 0.25) is 5.91 Å². The number of hydrogen-bond donors (Lipinski definition) is 0. The maximum Gasteiger partial charge on any atom is 0.274 e. The van der Waals surface area contributed by atoms with Gasteiger partial charge in [-0.05, 0) is 31.2 Å². The summed E-state index contributed by atoms with van der Waals surface area (Å²) < 4.78 is 0. The van der Waals surface area contributed by atoms with Crippen LogP contribution in [-0.4, -0.2) is 56.3 Å². The van der Waals surface area contributed by atoms with Gasteiger partial charge in [0.15, 0.2) is 0 Å². The van der Waals surface area contributed by atoms with Crippen molar-refractivity contribution in [3.05, 3.63) is 60.2 Å². The van der Waals surface area contributed by atoms with Crippen LogP contribution in [0.2, 0.25) is 0 Å². The van der Waals surface area contributed by atoms with Crippen LogP contribution in [0.1, 0.15) is 55.1 Å². The molecule has 29 heavy (non-hydrogen) atoms. The first kappa shape index (κ1) is 19.6. The summed E-state index contributed by atoms with van der Waals surface area (Å²) in [6.07, 6.45) is 10.4. The van der Waals surface area contributed by atoms with Crippen molar-refractivity contribution in [2.45, 2.75) is 63.6 Å². The van der Waals surface area contributed by atoms with Crippen molar-refractivity contribution in [3.63, 3.8) is 0 Å². The summed E-state index contributed by atoms with van der Waals surface area (Å²) in [7, 11) is 0. The van der Waals surface area contributed by atoms with Gasteiger partial charge in [0.05, 0.1) is 18.3 Å². The molecule has 6 heteroatoms. The third-order valence-corrected chi connectivity index (χ3v) is 6.24. The summed E-state index contributed by atoms with van der Waals surface area (Å²) in [6, 6.07) is 10.4. The lowest BCUT2D eigenvalue weighted by molar-refractivity contribution is -0.132. The lowest BCUT2D eigenvalue weighted by atomic mass is 9.96. The summed E-state index contributed by atoms with van der Waals surface area (Å²) >= 11 is 0. The molecule has 0 bridgehead atoms. The van der Waals surface area contributed by atoms with Crippen molar-refractivity contribution in [1.82, 2.24) is 19.8 Å². The highest BCUT2D eigenvalue weighted by atomic mass is 16.2. The Labute approximate surface area is 172 Å². The highest BCUT2D eigenvalue weighted by molar-refractivity contribution is 5.93. The zero-order chi connectivity index (χ0) is 20.2. The van der Waals surface area contributed by atoms with Gasteiger partial charge in [-0.3, -0.25) is 14.6 Å². The molecule has 2 aromatic rings. The average molecular weight is 393 g/mol. The van der Waals surface area contributed by atoms with Crippen molar-refractivity contribution < 1.29 is 9.59 Å². The van der Waals surface area contributed by atoms with E-state index >= 15 is 0 Å². The molecule has 0 saturated carbocycles. The standard InChI is InChI=1S/C23H28N4O2/c1-17(28)26-13-7-3-6-10-21-22(26)15-19(14-18-8-4-2-5-9-18)27(21)23(29)20-16-24-11-12-25-20/h2,4-5,8-9,11-12,16,19,21-22H,3,6-7,10,13-15H2,1H3/t19-,21-,22+/m1/s1. The number of nitrogens with zero attached hydrogens (tertiary/aromatic N) is 4. The summed E-state index contributed by atoms with van der Waals surface area (Å²) in [5.41, 5.74) is 1.58. The Balaban J connectivity index is 1.69. The minimum atomic E-state index is -0.0735. The third-order valence-electron chi connectivity index (χ3n) is 6.24. The number of rotatable bonds is 3. The number of amides is 2. The number of benzene rings is 1. The molecule has 0 spiro atoms. The van der Waals surface area contributed by atoms with Crippen LogP contribution in [0.5, 0.6) is 0 Å². The quantitative estimate of drug-likeness (QED) is 0.805. The summed E-state index contributed by atoms with van der Waals surface area (Å²) in [5.74, 6) is 0.0322. The molecular formula is C23H28N4O2. The second-order valence-corrected chi connectivity index (χ2v) is 8.08. The average Bonchev–Trinajstić information content (AvgIpc) is 3.05. The van der Waals surface area contributed by atoms with E-state index in [1.165, 1.54) is 5.56 Å². The third kappa shape index (κ3) is 4.16. The van der Waals surface area contributed by atoms with Crippen molar-refractivity contribution in [1.29, 1.82) is 0 Å². The molecule has 2 aliphatic heterocycles. The lowest BCUT2D eigenvalue weighted by Gasteiger charge is -2.37. The van der Waals surface area contributed by atoms with Gasteiger partial charge in [0.25, 0.3) is 5.91 Å². The van der Waals surface area contributed by atoms with Crippen molar-refractivity contribution in [2.24, 2.45) is 0 Å². The summed E-state index contributed by atoms with van der Waals surface area (Å²) in [5, 5.41) is 0. The van der Waals surface area contributed by atoms with E-state index in [1.54, 1.807) is 25.5 Å². The van der Waals surface area contributed by atoms with Crippen LogP contribution in [0.3, 0.4) is 0 Å². The molecule has 0 N–H and O–H groups in total. The normalized spacial score (nSPS) is 24.5. The number of hydrogen-bond acceptors (Lipinski definition) is 4. The molecule has 1 aromatic heterocycles. The van der Waals surface area contributed by atoms with Gasteiger partial charge in [0, 0.05) is 31.9 Å². The van der Waals surface area contributed by atoms with E-state index in [2.05, 4.69) is 22.1 Å². The monoisotopic (exact) mass is 392 g/mol. The highest BCUT2D eigenvalue weighted by Crippen LogP contribution is 2.36. The topological polar surface area (TPSA) is 66.4 Å². The predicted molar refractivity (Wildman–Crippen MR) is 110 cm³/mol. The Hall–Kier alpha value is -2.76. The fourth-order valence-corrected chi connectivity index (χ4v) is 4.97. The Kier molecular flexibility index (Phi) is 5.88. The minimum Gasteiger partial charge on any atom is -0.338 e. The van der Waals surface area contributed by atoms with E-state index < -0.39 is 0 Å². The number of fused-ring (bicyclic) bond motifs is 1. The van der Waals surface area contributed by atoms with E-state index in [4.69, 9.17) is 0 Å². The molecule has 0 unspecified atom stereocenters. The Morgan fingerprint density at radius 2 is 1.90 bits per heavy atom. The second kappa shape index (κ2) is 8.72. The second-order valence-electron chi connectivity index (χ2n) is 8.08. The first-order valence-corrected chi connectivity index (χ1v) is 10.5. The van der Waals surface area contributed by atoms with Gasteiger partial charge in [-0.1, -0.05) is 43.2 Å². The highest BCUT2D eigenvalue weighted by Gasteiger charge is 2.47. The lowest BCUT2D eigenvalue weighted by Crippen LogP contribution is -2.50. The molecule has 6 nitrogen and oxygen atoms in total. The van der Waals surface area contributed by atoms with Gasteiger partial charge in [-0.15, -0.1) is 0 Å². The van der Waals surface area contributed by atoms with E-state index in [-0.39, 0.29) is 29.9 Å². The van der Waals surface area contributed by atoms with Gasteiger partial charge in [0.1, 0.15) is 5.69 Å².